The van der Waals surface area contributed by atoms with Gasteiger partial charge in [0.15, 0.2) is 0 Å². The first-order chi connectivity index (χ1) is 16.5. The zero-order valence-electron chi connectivity index (χ0n) is 17.5. The van der Waals surface area contributed by atoms with Gasteiger partial charge in [0.05, 0.1) is 17.1 Å². The molecule has 2 N–H and O–H groups in total. The van der Waals surface area contributed by atoms with Crippen LogP contribution in [0.2, 0.25) is 5.02 Å². The molecule has 11 heteroatoms. The molecule has 1 aromatic heterocycles. The van der Waals surface area contributed by atoms with Crippen LogP contribution in [0.15, 0.2) is 87.4 Å². The number of nitrogens with one attached hydrogen (secondary N) is 1. The lowest BCUT2D eigenvalue weighted by Crippen LogP contribution is -2.14. The zero-order valence-corrected chi connectivity index (χ0v) is 19.0. The van der Waals surface area contributed by atoms with Crippen molar-refractivity contribution in [1.82, 2.24) is 10.2 Å². The van der Waals surface area contributed by atoms with Crippen molar-refractivity contribution in [2.24, 2.45) is 4.99 Å². The Labute approximate surface area is 203 Å². The fourth-order valence-electron chi connectivity index (χ4n) is 2.77. The number of hydrogen-bond donors (Lipinski definition) is 2. The van der Waals surface area contributed by atoms with Crippen molar-refractivity contribution in [3.05, 3.63) is 88.6 Å². The number of hydrogen-bond acceptors (Lipinski definition) is 9. The Kier molecular flexibility index (Phi) is 7.55. The molecular formula is C23H17ClN5O4S-. The number of nitrogens with zero attached hydrogens (tertiary/aromatic N) is 4. The fourth-order valence-corrected chi connectivity index (χ4v) is 3.46. The minimum Gasteiger partial charge on any atom is -0.733 e. The van der Waals surface area contributed by atoms with E-state index in [1.807, 2.05) is 36.4 Å². The Morgan fingerprint density at radius 1 is 1.09 bits per heavy atom. The van der Waals surface area contributed by atoms with Gasteiger partial charge in [0.2, 0.25) is 11.8 Å². The summed E-state index contributed by atoms with van der Waals surface area (Å²) < 4.78 is 5.63. The Morgan fingerprint density at radius 2 is 1.79 bits per heavy atom. The molecule has 172 valence electrons. The fraction of sp³-hybridized carbons (Fsp3) is 0.0435. The molecular weight excluding hydrogens is 478 g/mol. The number of carbonyl (C=O) groups excluding carboxylic acids is 1. The molecule has 1 amide bonds. The summed E-state index contributed by atoms with van der Waals surface area (Å²) in [6, 6.07) is 20.5. The predicted molar refractivity (Wildman–Crippen MR) is 132 cm³/mol. The van der Waals surface area contributed by atoms with Gasteiger partial charge in [0.1, 0.15) is 0 Å². The summed E-state index contributed by atoms with van der Waals surface area (Å²) in [5.74, 6) is 0.0939. The summed E-state index contributed by atoms with van der Waals surface area (Å²) in [7, 11) is 0. The van der Waals surface area contributed by atoms with Gasteiger partial charge in [-0.2, -0.15) is 0 Å². The number of halogens is 1. The number of amides is 1. The number of thioether (sulfide) groups is 1. The number of rotatable bonds is 8. The number of carbonyl (C=O) groups is 1. The number of aromatic nitrogens is 2. The van der Waals surface area contributed by atoms with E-state index in [2.05, 4.69) is 20.5 Å². The highest BCUT2D eigenvalue weighted by Gasteiger charge is 2.11. The van der Waals surface area contributed by atoms with E-state index in [9.17, 15) is 10.0 Å². The maximum atomic E-state index is 12.1. The summed E-state index contributed by atoms with van der Waals surface area (Å²) in [5.41, 5.74) is 2.98. The van der Waals surface area contributed by atoms with Gasteiger partial charge >= 0.3 is 0 Å². The largest absolute Gasteiger partial charge is 0.733 e. The molecule has 4 rings (SSSR count). The van der Waals surface area contributed by atoms with Crippen molar-refractivity contribution in [1.29, 1.82) is 0 Å². The van der Waals surface area contributed by atoms with Crippen molar-refractivity contribution in [3.63, 3.8) is 0 Å². The van der Waals surface area contributed by atoms with E-state index in [0.29, 0.717) is 16.6 Å². The van der Waals surface area contributed by atoms with Gasteiger partial charge in [-0.3, -0.25) is 15.0 Å². The normalized spacial score (nSPS) is 11.0. The van der Waals surface area contributed by atoms with Crippen LogP contribution in [-0.4, -0.2) is 33.3 Å². The minimum absolute atomic E-state index is 0.0510. The summed E-state index contributed by atoms with van der Waals surface area (Å²) in [5, 5.41) is 31.0. The molecule has 0 saturated heterocycles. The van der Waals surface area contributed by atoms with Crippen LogP contribution in [0.5, 0.6) is 0 Å². The van der Waals surface area contributed by atoms with E-state index in [-0.39, 0.29) is 27.8 Å². The first-order valence-corrected chi connectivity index (χ1v) is 11.2. The number of benzene rings is 3. The lowest BCUT2D eigenvalue weighted by molar-refractivity contribution is -0.113. The third-order valence-corrected chi connectivity index (χ3v) is 5.52. The van der Waals surface area contributed by atoms with Gasteiger partial charge < -0.3 is 20.2 Å². The highest BCUT2D eigenvalue weighted by Crippen LogP contribution is 2.25. The third kappa shape index (κ3) is 6.42. The molecule has 0 aliphatic heterocycles. The molecule has 0 bridgehead atoms. The lowest BCUT2D eigenvalue weighted by Gasteiger charge is -2.21. The quantitative estimate of drug-likeness (QED) is 0.185. The van der Waals surface area contributed by atoms with Crippen LogP contribution in [0, 0.1) is 5.21 Å². The van der Waals surface area contributed by atoms with E-state index in [0.717, 1.165) is 28.6 Å². The maximum Gasteiger partial charge on any atom is 0.277 e. The first-order valence-electron chi connectivity index (χ1n) is 9.89. The highest BCUT2D eigenvalue weighted by molar-refractivity contribution is 7.99. The van der Waals surface area contributed by atoms with Crippen LogP contribution >= 0.6 is 23.4 Å². The molecule has 0 aliphatic carbocycles. The number of anilines is 2. The van der Waals surface area contributed by atoms with Gasteiger partial charge in [-0.1, -0.05) is 35.5 Å². The molecule has 9 nitrogen and oxygen atoms in total. The van der Waals surface area contributed by atoms with Gasteiger partial charge in [-0.05, 0) is 66.2 Å². The maximum absolute atomic E-state index is 12.1. The van der Waals surface area contributed by atoms with E-state index in [1.165, 1.54) is 24.3 Å². The average Bonchev–Trinajstić information content (AvgIpc) is 3.32. The van der Waals surface area contributed by atoms with E-state index < -0.39 is 0 Å². The second-order valence-electron chi connectivity index (χ2n) is 6.89. The van der Waals surface area contributed by atoms with Gasteiger partial charge in [0.25, 0.3) is 5.22 Å². The van der Waals surface area contributed by atoms with Crippen molar-refractivity contribution < 1.29 is 14.4 Å². The highest BCUT2D eigenvalue weighted by atomic mass is 35.5. The summed E-state index contributed by atoms with van der Waals surface area (Å²) in [6.45, 7) is 0. The second-order valence-corrected chi connectivity index (χ2v) is 8.25. The minimum atomic E-state index is -0.289. The first kappa shape index (κ1) is 23.5. The lowest BCUT2D eigenvalue weighted by atomic mass is 10.2. The van der Waals surface area contributed by atoms with Crippen molar-refractivity contribution in [2.75, 3.05) is 16.3 Å². The standard InChI is InChI=1S/C23H17ClN5O4S/c24-17-5-1-15(2-6-17)13-25-18-7-3-16(4-8-18)22-27-28-23(33-22)34-14-21(30)26-19-9-11-20(12-10-19)29(31)32/h1-13,31H,14H2,(H,26,30)/q-1. The van der Waals surface area contributed by atoms with Crippen molar-refractivity contribution in [2.45, 2.75) is 5.22 Å². The molecule has 0 fully saturated rings. The average molecular weight is 495 g/mol. The molecule has 1 heterocycles. The van der Waals surface area contributed by atoms with E-state index in [1.54, 1.807) is 18.3 Å². The summed E-state index contributed by atoms with van der Waals surface area (Å²) >= 11 is 6.98. The monoisotopic (exact) mass is 494 g/mol. The molecule has 0 spiro atoms. The molecule has 0 atom stereocenters. The zero-order chi connectivity index (χ0) is 23.9. The van der Waals surface area contributed by atoms with E-state index >= 15 is 0 Å². The summed E-state index contributed by atoms with van der Waals surface area (Å²) in [4.78, 5) is 16.6. The van der Waals surface area contributed by atoms with E-state index in [4.69, 9.17) is 21.2 Å². The van der Waals surface area contributed by atoms with Crippen LogP contribution in [0.1, 0.15) is 5.56 Å². The molecule has 0 radical (unpaired) electrons. The molecule has 4 aromatic rings. The topological polar surface area (TPSA) is 127 Å². The van der Waals surface area contributed by atoms with Crippen LogP contribution in [0.4, 0.5) is 17.1 Å². The van der Waals surface area contributed by atoms with Gasteiger partial charge in [0, 0.05) is 22.5 Å². The molecule has 0 aliphatic rings. The Hall–Kier alpha value is -3.70. The molecule has 3 aromatic carbocycles. The van der Waals surface area contributed by atoms with Gasteiger partial charge in [-0.25, -0.2) is 0 Å². The second kappa shape index (κ2) is 10.9. The van der Waals surface area contributed by atoms with Crippen LogP contribution in [0.25, 0.3) is 11.5 Å². The number of aliphatic imine (C=N–C) groups is 1. The SMILES string of the molecule is O=C(CSc1nnc(-c2ccc(N=Cc3ccc(Cl)cc3)cc2)o1)Nc1ccc(N([O-])O)cc1. The molecule has 0 unspecified atom stereocenters. The van der Waals surface area contributed by atoms with Crippen molar-refractivity contribution in [3.8, 4) is 11.5 Å². The van der Waals surface area contributed by atoms with Gasteiger partial charge in [-0.15, -0.1) is 10.2 Å². The smallest absolute Gasteiger partial charge is 0.277 e. The Balaban J connectivity index is 1.30. The van der Waals surface area contributed by atoms with Crippen LogP contribution in [0.3, 0.4) is 0 Å². The summed E-state index contributed by atoms with van der Waals surface area (Å²) in [6.07, 6.45) is 1.75. The Morgan fingerprint density at radius 3 is 2.47 bits per heavy atom. The molecule has 0 saturated carbocycles. The Bertz CT molecular complexity index is 1280. The van der Waals surface area contributed by atoms with Crippen LogP contribution in [-0.2, 0) is 4.79 Å². The third-order valence-electron chi connectivity index (χ3n) is 4.45. The van der Waals surface area contributed by atoms with Crippen molar-refractivity contribution >= 4 is 52.5 Å². The van der Waals surface area contributed by atoms with Crippen LogP contribution < -0.4 is 10.5 Å². The predicted octanol–water partition coefficient (Wildman–Crippen LogP) is 5.56. The molecule has 34 heavy (non-hydrogen) atoms.